The van der Waals surface area contributed by atoms with Gasteiger partial charge < -0.3 is 19.9 Å². The molecule has 126 valence electrons. The average molecular weight is 318 g/mol. The highest BCUT2D eigenvalue weighted by atomic mass is 16.6. The van der Waals surface area contributed by atoms with Crippen LogP contribution in [0.1, 0.15) is 26.5 Å². The Kier molecular flexibility index (Phi) is 5.13. The number of carbonyl (C=O) groups is 1. The van der Waals surface area contributed by atoms with Crippen molar-refractivity contribution in [3.05, 3.63) is 30.6 Å². The number of rotatable bonds is 3. The van der Waals surface area contributed by atoms with Crippen molar-refractivity contribution < 1.29 is 9.53 Å². The van der Waals surface area contributed by atoms with E-state index >= 15 is 0 Å². The van der Waals surface area contributed by atoms with Crippen LogP contribution in [0.25, 0.3) is 5.70 Å². The second-order valence-electron chi connectivity index (χ2n) is 6.58. The van der Waals surface area contributed by atoms with E-state index in [9.17, 15) is 4.79 Å². The van der Waals surface area contributed by atoms with Crippen molar-refractivity contribution >= 4 is 17.5 Å². The number of anilines is 1. The van der Waals surface area contributed by atoms with Crippen molar-refractivity contribution in [1.29, 1.82) is 0 Å². The number of aromatic nitrogens is 1. The van der Waals surface area contributed by atoms with Crippen molar-refractivity contribution in [1.82, 2.24) is 15.2 Å². The molecule has 1 saturated heterocycles. The van der Waals surface area contributed by atoms with E-state index in [-0.39, 0.29) is 6.09 Å². The number of nitrogens with one attached hydrogen (secondary N) is 1. The molecular formula is C17H26N4O2. The zero-order valence-corrected chi connectivity index (χ0v) is 14.4. The maximum atomic E-state index is 12.1. The van der Waals surface area contributed by atoms with Gasteiger partial charge in [0.15, 0.2) is 0 Å². The van der Waals surface area contributed by atoms with Crippen LogP contribution in [0.5, 0.6) is 0 Å². The number of nitrogens with zero attached hydrogens (tertiary/aromatic N) is 3. The maximum absolute atomic E-state index is 12.1. The van der Waals surface area contributed by atoms with E-state index in [4.69, 9.17) is 4.74 Å². The Bertz CT molecular complexity index is 555. The van der Waals surface area contributed by atoms with Crippen LogP contribution < -0.4 is 10.2 Å². The van der Waals surface area contributed by atoms with Crippen molar-refractivity contribution in [3.63, 3.8) is 0 Å². The molecule has 1 amide bonds. The van der Waals surface area contributed by atoms with Gasteiger partial charge in [0.2, 0.25) is 0 Å². The molecule has 0 unspecified atom stereocenters. The minimum atomic E-state index is -0.455. The Labute approximate surface area is 138 Å². The smallest absolute Gasteiger partial charge is 0.410 e. The fourth-order valence-corrected chi connectivity index (χ4v) is 2.35. The standard InChI is InChI=1S/C17H26N4O2/c1-13(18-5)15-7-6-14(12-19-15)20-8-10-21(11-9-20)16(22)23-17(2,3)4/h6-7,12,18H,1,8-11H2,2-5H3. The van der Waals surface area contributed by atoms with Crippen LogP contribution >= 0.6 is 0 Å². The van der Waals surface area contributed by atoms with Gasteiger partial charge in [0, 0.05) is 33.2 Å². The number of ether oxygens (including phenoxy) is 1. The normalized spacial score (nSPS) is 15.3. The first-order chi connectivity index (χ1) is 10.8. The van der Waals surface area contributed by atoms with Crippen LogP contribution in [0.2, 0.25) is 0 Å². The number of pyridine rings is 1. The fraction of sp³-hybridized carbons (Fsp3) is 0.529. The van der Waals surface area contributed by atoms with Crippen LogP contribution in [-0.2, 0) is 4.74 Å². The molecule has 6 heteroatoms. The largest absolute Gasteiger partial charge is 0.444 e. The highest BCUT2D eigenvalue weighted by Gasteiger charge is 2.25. The molecule has 2 rings (SSSR count). The topological polar surface area (TPSA) is 57.7 Å². The predicted octanol–water partition coefficient (Wildman–Crippen LogP) is 2.33. The fourth-order valence-electron chi connectivity index (χ4n) is 2.35. The Morgan fingerprint density at radius 2 is 1.91 bits per heavy atom. The van der Waals surface area contributed by atoms with E-state index < -0.39 is 5.60 Å². The van der Waals surface area contributed by atoms with Crippen LogP contribution in [0.3, 0.4) is 0 Å². The van der Waals surface area contributed by atoms with Gasteiger partial charge >= 0.3 is 6.09 Å². The van der Waals surface area contributed by atoms with Crippen molar-refractivity contribution in [2.75, 3.05) is 38.1 Å². The summed E-state index contributed by atoms with van der Waals surface area (Å²) < 4.78 is 5.41. The minimum absolute atomic E-state index is 0.240. The van der Waals surface area contributed by atoms with Gasteiger partial charge in [0.1, 0.15) is 5.60 Å². The zero-order valence-electron chi connectivity index (χ0n) is 14.4. The molecule has 1 aromatic heterocycles. The third-order valence-corrected chi connectivity index (χ3v) is 3.66. The summed E-state index contributed by atoms with van der Waals surface area (Å²) >= 11 is 0. The molecule has 0 atom stereocenters. The quantitative estimate of drug-likeness (QED) is 0.927. The summed E-state index contributed by atoms with van der Waals surface area (Å²) in [7, 11) is 1.83. The highest BCUT2D eigenvalue weighted by molar-refractivity contribution is 5.68. The second-order valence-corrected chi connectivity index (χ2v) is 6.58. The lowest BCUT2D eigenvalue weighted by molar-refractivity contribution is 0.0240. The van der Waals surface area contributed by atoms with Crippen LogP contribution in [-0.4, -0.2) is 54.8 Å². The first-order valence-electron chi connectivity index (χ1n) is 7.86. The third kappa shape index (κ3) is 4.61. The van der Waals surface area contributed by atoms with Gasteiger partial charge in [-0.2, -0.15) is 0 Å². The molecular weight excluding hydrogens is 292 g/mol. The van der Waals surface area contributed by atoms with E-state index in [2.05, 4.69) is 21.8 Å². The van der Waals surface area contributed by atoms with E-state index in [0.717, 1.165) is 30.2 Å². The number of piperazine rings is 1. The average Bonchev–Trinajstić information content (AvgIpc) is 2.53. The molecule has 1 aromatic rings. The van der Waals surface area contributed by atoms with E-state index in [1.54, 1.807) is 4.90 Å². The summed E-state index contributed by atoms with van der Waals surface area (Å²) in [6, 6.07) is 3.99. The summed E-state index contributed by atoms with van der Waals surface area (Å²) in [4.78, 5) is 20.5. The number of amides is 1. The van der Waals surface area contributed by atoms with Crippen LogP contribution in [0, 0.1) is 0 Å². The van der Waals surface area contributed by atoms with Gasteiger partial charge in [0.25, 0.3) is 0 Å². The molecule has 1 fully saturated rings. The van der Waals surface area contributed by atoms with Crippen LogP contribution in [0.4, 0.5) is 10.5 Å². The van der Waals surface area contributed by atoms with Gasteiger partial charge in [-0.05, 0) is 32.9 Å². The summed E-state index contributed by atoms with van der Waals surface area (Å²) in [6.07, 6.45) is 1.61. The molecule has 0 radical (unpaired) electrons. The monoisotopic (exact) mass is 318 g/mol. The first-order valence-corrected chi connectivity index (χ1v) is 7.86. The zero-order chi connectivity index (χ0) is 17.0. The Balaban J connectivity index is 1.91. The van der Waals surface area contributed by atoms with E-state index in [0.29, 0.717) is 13.1 Å². The van der Waals surface area contributed by atoms with E-state index in [1.807, 2.05) is 46.1 Å². The lowest BCUT2D eigenvalue weighted by Gasteiger charge is -2.36. The molecule has 1 aliphatic heterocycles. The lowest BCUT2D eigenvalue weighted by atomic mass is 10.2. The lowest BCUT2D eigenvalue weighted by Crippen LogP contribution is -2.50. The predicted molar refractivity (Wildman–Crippen MR) is 92.4 cm³/mol. The van der Waals surface area contributed by atoms with Gasteiger partial charge in [0.05, 0.1) is 23.3 Å². The molecule has 0 spiro atoms. The van der Waals surface area contributed by atoms with Gasteiger partial charge in [-0.3, -0.25) is 4.98 Å². The second kappa shape index (κ2) is 6.89. The third-order valence-electron chi connectivity index (χ3n) is 3.66. The molecule has 1 aliphatic rings. The summed E-state index contributed by atoms with van der Waals surface area (Å²) in [5, 5.41) is 2.99. The SMILES string of the molecule is C=C(NC)c1ccc(N2CCN(C(=O)OC(C)(C)C)CC2)cn1. The number of hydrogen-bond donors (Lipinski definition) is 1. The molecule has 0 aromatic carbocycles. The Morgan fingerprint density at radius 3 is 2.39 bits per heavy atom. The number of hydrogen-bond acceptors (Lipinski definition) is 5. The van der Waals surface area contributed by atoms with Gasteiger partial charge in [-0.15, -0.1) is 0 Å². The Hall–Kier alpha value is -2.24. The Morgan fingerprint density at radius 1 is 1.26 bits per heavy atom. The maximum Gasteiger partial charge on any atom is 0.410 e. The summed E-state index contributed by atoms with van der Waals surface area (Å²) in [6.45, 7) is 12.4. The molecule has 6 nitrogen and oxygen atoms in total. The molecule has 2 heterocycles. The molecule has 1 N–H and O–H groups in total. The molecule has 0 bridgehead atoms. The molecule has 23 heavy (non-hydrogen) atoms. The number of carbonyl (C=O) groups excluding carboxylic acids is 1. The first kappa shape index (κ1) is 17.1. The van der Waals surface area contributed by atoms with Crippen LogP contribution in [0.15, 0.2) is 24.9 Å². The summed E-state index contributed by atoms with van der Waals surface area (Å²) in [5.74, 6) is 0. The molecule has 0 aliphatic carbocycles. The van der Waals surface area contributed by atoms with Crippen molar-refractivity contribution in [2.24, 2.45) is 0 Å². The van der Waals surface area contributed by atoms with Gasteiger partial charge in [-0.25, -0.2) is 4.79 Å². The summed E-state index contributed by atoms with van der Waals surface area (Å²) in [5.41, 5.74) is 2.24. The molecule has 0 saturated carbocycles. The highest BCUT2D eigenvalue weighted by Crippen LogP contribution is 2.18. The van der Waals surface area contributed by atoms with Gasteiger partial charge in [-0.1, -0.05) is 6.58 Å². The van der Waals surface area contributed by atoms with Crippen molar-refractivity contribution in [3.8, 4) is 0 Å². The van der Waals surface area contributed by atoms with E-state index in [1.165, 1.54) is 0 Å². The van der Waals surface area contributed by atoms with Crippen molar-refractivity contribution in [2.45, 2.75) is 26.4 Å². The minimum Gasteiger partial charge on any atom is -0.444 e.